The third-order valence-electron chi connectivity index (χ3n) is 5.28. The van der Waals surface area contributed by atoms with E-state index in [0.717, 1.165) is 5.56 Å². The number of anilines is 2. The molecule has 0 spiro atoms. The molecular formula is C19H20ClF3N6O2. The zero-order valence-corrected chi connectivity index (χ0v) is 17.2. The number of alkyl halides is 3. The van der Waals surface area contributed by atoms with E-state index in [0.29, 0.717) is 29.0 Å². The van der Waals surface area contributed by atoms with Crippen molar-refractivity contribution in [2.75, 3.05) is 29.9 Å². The Kier molecular flexibility index (Phi) is 5.42. The second kappa shape index (κ2) is 7.79. The monoisotopic (exact) mass is 456 g/mol. The van der Waals surface area contributed by atoms with Crippen molar-refractivity contribution in [3.05, 3.63) is 40.9 Å². The van der Waals surface area contributed by atoms with E-state index in [4.69, 9.17) is 11.6 Å². The zero-order chi connectivity index (χ0) is 22.4. The first kappa shape index (κ1) is 21.6. The summed E-state index contributed by atoms with van der Waals surface area (Å²) in [4.78, 5) is 27.1. The normalized spacial score (nSPS) is 25.3. The van der Waals surface area contributed by atoms with Crippen LogP contribution < -0.4 is 15.5 Å². The molecule has 4 heterocycles. The molecule has 31 heavy (non-hydrogen) atoms. The third-order valence-corrected chi connectivity index (χ3v) is 5.49. The summed E-state index contributed by atoms with van der Waals surface area (Å²) < 4.78 is 37.6. The smallest absolute Gasteiger partial charge is 0.388 e. The number of aromatic nitrogens is 3. The van der Waals surface area contributed by atoms with Crippen LogP contribution in [0.2, 0.25) is 5.02 Å². The molecule has 4 rings (SSSR count). The highest BCUT2D eigenvalue weighted by atomic mass is 35.5. The van der Waals surface area contributed by atoms with Gasteiger partial charge in [-0.2, -0.15) is 13.2 Å². The number of rotatable bonds is 4. The number of nitrogens with zero attached hydrogens (tertiary/aromatic N) is 4. The van der Waals surface area contributed by atoms with E-state index in [-0.39, 0.29) is 18.9 Å². The van der Waals surface area contributed by atoms with Crippen LogP contribution in [0, 0.1) is 0 Å². The molecule has 1 saturated heterocycles. The predicted octanol–water partition coefficient (Wildman–Crippen LogP) is 2.09. The molecule has 0 aromatic carbocycles. The molecule has 0 saturated carbocycles. The lowest BCUT2D eigenvalue weighted by Gasteiger charge is -2.25. The topological polar surface area (TPSA) is 103 Å². The third kappa shape index (κ3) is 4.67. The summed E-state index contributed by atoms with van der Waals surface area (Å²) in [7, 11) is 0. The van der Waals surface area contributed by atoms with Gasteiger partial charge in [-0.05, 0) is 19.1 Å². The molecule has 3 atom stereocenters. The van der Waals surface area contributed by atoms with Gasteiger partial charge in [0.15, 0.2) is 0 Å². The van der Waals surface area contributed by atoms with Gasteiger partial charge in [0.05, 0.1) is 16.5 Å². The molecule has 1 amide bonds. The first-order chi connectivity index (χ1) is 14.5. The summed E-state index contributed by atoms with van der Waals surface area (Å²) in [6, 6.07) is 2.35. The summed E-state index contributed by atoms with van der Waals surface area (Å²) in [5, 5.41) is 16.0. The van der Waals surface area contributed by atoms with Crippen molar-refractivity contribution in [1.82, 2.24) is 20.3 Å². The highest BCUT2D eigenvalue weighted by Crippen LogP contribution is 2.36. The number of pyridine rings is 1. The summed E-state index contributed by atoms with van der Waals surface area (Å²) in [6.07, 6.45) is -1.50. The van der Waals surface area contributed by atoms with Crippen molar-refractivity contribution in [2.45, 2.75) is 37.1 Å². The fraction of sp³-hybridized carbons (Fsp3) is 0.474. The zero-order valence-electron chi connectivity index (χ0n) is 16.4. The standard InChI is InChI=1S/C19H20ClF3N6O2/c1-18(31)5-13(17(30)27-8-19(21,22)23)29(9-18)14-2-3-24-16(28-14)12-7-26-15-11(12)4-10(20)6-25-15/h2-4,6,12-13,31H,5,7-9H2,1H3,(H,25,26)(H,27,30)/t12?,13-,18-/m1/s1. The Morgan fingerprint density at radius 2 is 2.23 bits per heavy atom. The quantitative estimate of drug-likeness (QED) is 0.647. The average Bonchev–Trinajstić information content (AvgIpc) is 3.25. The van der Waals surface area contributed by atoms with E-state index in [1.54, 1.807) is 12.1 Å². The maximum absolute atomic E-state index is 12.5. The van der Waals surface area contributed by atoms with Crippen molar-refractivity contribution in [2.24, 2.45) is 0 Å². The average molecular weight is 457 g/mol. The number of amides is 1. The molecule has 3 N–H and O–H groups in total. The Morgan fingerprint density at radius 3 is 2.97 bits per heavy atom. The minimum atomic E-state index is -4.53. The highest BCUT2D eigenvalue weighted by Gasteiger charge is 2.44. The van der Waals surface area contributed by atoms with Gasteiger partial charge in [-0.15, -0.1) is 0 Å². The van der Waals surface area contributed by atoms with Gasteiger partial charge in [0, 0.05) is 37.5 Å². The van der Waals surface area contributed by atoms with Crippen LogP contribution >= 0.6 is 11.6 Å². The van der Waals surface area contributed by atoms with Crippen LogP contribution in [0.25, 0.3) is 0 Å². The number of fused-ring (bicyclic) bond motifs is 1. The number of hydrogen-bond donors (Lipinski definition) is 3. The van der Waals surface area contributed by atoms with Gasteiger partial charge < -0.3 is 20.6 Å². The molecule has 0 radical (unpaired) electrons. The fourth-order valence-corrected chi connectivity index (χ4v) is 4.11. The molecule has 12 heteroatoms. The van der Waals surface area contributed by atoms with Crippen LogP contribution in [0.1, 0.15) is 30.7 Å². The Balaban J connectivity index is 1.60. The second-order valence-electron chi connectivity index (χ2n) is 7.98. The maximum atomic E-state index is 12.5. The van der Waals surface area contributed by atoms with Crippen molar-refractivity contribution in [3.8, 4) is 0 Å². The number of carbonyl (C=O) groups excluding carboxylic acids is 1. The Morgan fingerprint density at radius 1 is 1.45 bits per heavy atom. The largest absolute Gasteiger partial charge is 0.405 e. The summed E-state index contributed by atoms with van der Waals surface area (Å²) >= 11 is 6.07. The lowest BCUT2D eigenvalue weighted by atomic mass is 10.0. The van der Waals surface area contributed by atoms with E-state index in [1.807, 2.05) is 5.32 Å². The van der Waals surface area contributed by atoms with Crippen molar-refractivity contribution in [3.63, 3.8) is 0 Å². The fourth-order valence-electron chi connectivity index (χ4n) is 3.95. The number of halogens is 4. The molecule has 2 aliphatic heterocycles. The molecule has 1 unspecified atom stereocenters. The van der Waals surface area contributed by atoms with E-state index in [2.05, 4.69) is 20.3 Å². The SMILES string of the molecule is C[C@@]1(O)C[C@H](C(=O)NCC(F)(F)F)N(c2ccnc(C3CNc4ncc(Cl)cc43)n2)C1. The number of aliphatic hydroxyl groups is 1. The van der Waals surface area contributed by atoms with Crippen LogP contribution in [0.15, 0.2) is 24.5 Å². The molecule has 8 nitrogen and oxygen atoms in total. The Hall–Kier alpha value is -2.66. The van der Waals surface area contributed by atoms with Gasteiger partial charge in [-0.3, -0.25) is 4.79 Å². The number of carbonyl (C=O) groups is 1. The summed E-state index contributed by atoms with van der Waals surface area (Å²) in [5.41, 5.74) is -0.429. The lowest BCUT2D eigenvalue weighted by molar-refractivity contribution is -0.139. The van der Waals surface area contributed by atoms with E-state index in [1.165, 1.54) is 24.2 Å². The van der Waals surface area contributed by atoms with Crippen molar-refractivity contribution >= 4 is 29.1 Å². The molecule has 2 aliphatic rings. The Bertz CT molecular complexity index is 1000. The van der Waals surface area contributed by atoms with Crippen molar-refractivity contribution < 1.29 is 23.1 Å². The molecule has 2 aromatic heterocycles. The second-order valence-corrected chi connectivity index (χ2v) is 8.41. The number of nitrogens with one attached hydrogen (secondary N) is 2. The van der Waals surface area contributed by atoms with Crippen LogP contribution in [-0.4, -0.2) is 63.4 Å². The van der Waals surface area contributed by atoms with Gasteiger partial charge in [-0.1, -0.05) is 11.6 Å². The predicted molar refractivity (Wildman–Crippen MR) is 107 cm³/mol. The first-order valence-electron chi connectivity index (χ1n) is 9.58. The number of hydrogen-bond acceptors (Lipinski definition) is 7. The van der Waals surface area contributed by atoms with Gasteiger partial charge in [0.1, 0.15) is 30.0 Å². The molecular weight excluding hydrogens is 437 g/mol. The molecule has 166 valence electrons. The lowest BCUT2D eigenvalue weighted by Crippen LogP contribution is -2.46. The molecule has 1 fully saturated rings. The van der Waals surface area contributed by atoms with Crippen LogP contribution in [0.3, 0.4) is 0 Å². The minimum absolute atomic E-state index is 0.0244. The maximum Gasteiger partial charge on any atom is 0.405 e. The molecule has 0 bridgehead atoms. The van der Waals surface area contributed by atoms with Gasteiger partial charge in [-0.25, -0.2) is 15.0 Å². The van der Waals surface area contributed by atoms with Crippen LogP contribution in [0.4, 0.5) is 24.8 Å². The van der Waals surface area contributed by atoms with E-state index < -0.39 is 30.3 Å². The highest BCUT2D eigenvalue weighted by molar-refractivity contribution is 6.30. The van der Waals surface area contributed by atoms with Gasteiger partial charge >= 0.3 is 6.18 Å². The minimum Gasteiger partial charge on any atom is -0.388 e. The first-order valence-corrected chi connectivity index (χ1v) is 9.96. The molecule has 2 aromatic rings. The Labute approximate surface area is 180 Å². The van der Waals surface area contributed by atoms with Crippen LogP contribution in [-0.2, 0) is 4.79 Å². The van der Waals surface area contributed by atoms with Crippen molar-refractivity contribution in [1.29, 1.82) is 0 Å². The number of β-amino-alcohol motifs (C(OH)–C–C–N with tert-alkyl or cyclic N) is 1. The van der Waals surface area contributed by atoms with Crippen LogP contribution in [0.5, 0.6) is 0 Å². The van der Waals surface area contributed by atoms with E-state index >= 15 is 0 Å². The van der Waals surface area contributed by atoms with E-state index in [9.17, 15) is 23.1 Å². The van der Waals surface area contributed by atoms with Gasteiger partial charge in [0.2, 0.25) is 5.91 Å². The summed E-state index contributed by atoms with van der Waals surface area (Å²) in [6.45, 7) is 0.634. The summed E-state index contributed by atoms with van der Waals surface area (Å²) in [5.74, 6) is 0.421. The van der Waals surface area contributed by atoms with Gasteiger partial charge in [0.25, 0.3) is 0 Å². The molecule has 0 aliphatic carbocycles.